The first-order chi connectivity index (χ1) is 20.4. The van der Waals surface area contributed by atoms with Gasteiger partial charge in [0.15, 0.2) is 0 Å². The second-order valence-corrected chi connectivity index (χ2v) is 10.1. The third-order valence-corrected chi connectivity index (χ3v) is 6.98. The number of rotatable bonds is 13. The zero-order valence-corrected chi connectivity index (χ0v) is 23.9. The molecule has 4 rings (SSSR count). The van der Waals surface area contributed by atoms with Gasteiger partial charge in [-0.15, -0.1) is 0 Å². The van der Waals surface area contributed by atoms with Gasteiger partial charge in [-0.25, -0.2) is 14.4 Å². The largest absolute Gasteiger partial charge is 0.459 e. The molecule has 8 heteroatoms. The van der Waals surface area contributed by atoms with E-state index in [1.54, 1.807) is 48.5 Å². The van der Waals surface area contributed by atoms with Gasteiger partial charge in [0, 0.05) is 7.11 Å². The summed E-state index contributed by atoms with van der Waals surface area (Å²) in [5.41, 5.74) is 3.75. The lowest BCUT2D eigenvalue weighted by molar-refractivity contribution is -0.147. The molecule has 0 bridgehead atoms. The lowest BCUT2D eigenvalue weighted by Crippen LogP contribution is -2.30. The highest BCUT2D eigenvalue weighted by atomic mass is 16.6. The van der Waals surface area contributed by atoms with Gasteiger partial charge < -0.3 is 23.7 Å². The topological polar surface area (TPSA) is 97.4 Å². The van der Waals surface area contributed by atoms with Crippen molar-refractivity contribution in [3.05, 3.63) is 119 Å². The van der Waals surface area contributed by atoms with Crippen LogP contribution in [0.5, 0.6) is 0 Å². The van der Waals surface area contributed by atoms with Crippen molar-refractivity contribution in [2.75, 3.05) is 26.9 Å². The molecule has 0 amide bonds. The first kappa shape index (κ1) is 30.7. The van der Waals surface area contributed by atoms with Crippen molar-refractivity contribution in [3.8, 4) is 0 Å². The molecule has 0 radical (unpaired) electrons. The van der Waals surface area contributed by atoms with Crippen LogP contribution in [0.1, 0.15) is 58.6 Å². The van der Waals surface area contributed by atoms with Gasteiger partial charge in [-0.3, -0.25) is 0 Å². The second kappa shape index (κ2) is 15.7. The Morgan fingerprint density at radius 2 is 1.43 bits per heavy atom. The van der Waals surface area contributed by atoms with E-state index in [1.807, 2.05) is 49.4 Å². The van der Waals surface area contributed by atoms with Gasteiger partial charge in [-0.05, 0) is 61.6 Å². The summed E-state index contributed by atoms with van der Waals surface area (Å²) in [6, 6.07) is 27.2. The summed E-state index contributed by atoms with van der Waals surface area (Å²) in [5, 5.41) is 0. The molecular formula is C34H36O8. The van der Waals surface area contributed by atoms with Crippen LogP contribution in [0.3, 0.4) is 0 Å². The highest BCUT2D eigenvalue weighted by Gasteiger charge is 2.31. The molecule has 0 saturated carbocycles. The fourth-order valence-corrected chi connectivity index (χ4v) is 4.78. The molecule has 42 heavy (non-hydrogen) atoms. The van der Waals surface area contributed by atoms with Crippen LogP contribution in [0.2, 0.25) is 0 Å². The Kier molecular flexibility index (Phi) is 11.4. The lowest BCUT2D eigenvalue weighted by atomic mass is 9.90. The maximum atomic E-state index is 12.9. The molecule has 0 aliphatic carbocycles. The van der Waals surface area contributed by atoms with Crippen LogP contribution in [0.15, 0.2) is 102 Å². The fraction of sp³-hybridized carbons (Fsp3) is 0.324. The molecule has 0 saturated heterocycles. The Morgan fingerprint density at radius 1 is 0.833 bits per heavy atom. The minimum absolute atomic E-state index is 0.0866. The average Bonchev–Trinajstić information content (AvgIpc) is 3.02. The third kappa shape index (κ3) is 8.86. The van der Waals surface area contributed by atoms with Gasteiger partial charge >= 0.3 is 17.9 Å². The number of hydrogen-bond acceptors (Lipinski definition) is 8. The minimum atomic E-state index is -0.676. The summed E-state index contributed by atoms with van der Waals surface area (Å²) < 4.78 is 28.2. The molecule has 0 spiro atoms. The first-order valence-electron chi connectivity index (χ1n) is 14.0. The summed E-state index contributed by atoms with van der Waals surface area (Å²) >= 11 is 0. The molecular weight excluding hydrogens is 536 g/mol. The summed E-state index contributed by atoms with van der Waals surface area (Å²) in [7, 11) is 1.44. The molecule has 0 fully saturated rings. The molecule has 0 N–H and O–H groups in total. The Bertz CT molecular complexity index is 1340. The van der Waals surface area contributed by atoms with E-state index < -0.39 is 30.1 Å². The molecule has 1 aliphatic heterocycles. The molecule has 0 unspecified atom stereocenters. The Hall–Kier alpha value is -4.27. The average molecular weight is 573 g/mol. The van der Waals surface area contributed by atoms with Crippen molar-refractivity contribution in [2.45, 2.75) is 44.5 Å². The van der Waals surface area contributed by atoms with Gasteiger partial charge in [-0.1, -0.05) is 72.3 Å². The maximum Gasteiger partial charge on any atom is 0.338 e. The van der Waals surface area contributed by atoms with Crippen LogP contribution in [-0.2, 0) is 28.5 Å². The normalized spacial score (nSPS) is 17.3. The maximum absolute atomic E-state index is 12.9. The molecule has 1 aliphatic rings. The summed E-state index contributed by atoms with van der Waals surface area (Å²) in [5.74, 6) is -1.42. The van der Waals surface area contributed by atoms with E-state index in [0.717, 1.165) is 16.7 Å². The minimum Gasteiger partial charge on any atom is -0.459 e. The van der Waals surface area contributed by atoms with Gasteiger partial charge in [0.2, 0.25) is 0 Å². The summed E-state index contributed by atoms with van der Waals surface area (Å²) in [6.45, 7) is 1.91. The standard InChI is InChI=1S/C34H36O8/c1-24-20-28(41-32(25-12-6-3-7-13-25)30(24)22-39-31(35)23-38-2)18-19-29(42-34(37)27-16-10-5-11-17-27)21-40-33(36)26-14-8-4-9-15-26/h3-17,28-29,32H,18-23H2,1-2H3/t28-,29-,32+/m1/s1. The van der Waals surface area contributed by atoms with E-state index in [1.165, 1.54) is 7.11 Å². The SMILES string of the molecule is COCC(=O)OCC1=C(C)C[C@@H](CC[C@H](COC(=O)c2ccccc2)OC(=O)c2ccccc2)O[C@H]1c1ccccc1. The van der Waals surface area contributed by atoms with Crippen LogP contribution in [-0.4, -0.2) is 57.0 Å². The van der Waals surface area contributed by atoms with E-state index in [4.69, 9.17) is 23.7 Å². The number of ether oxygens (including phenoxy) is 5. The van der Waals surface area contributed by atoms with Crippen LogP contribution in [0, 0.1) is 0 Å². The monoisotopic (exact) mass is 572 g/mol. The number of methoxy groups -OCH3 is 1. The zero-order chi connectivity index (χ0) is 29.7. The van der Waals surface area contributed by atoms with E-state index in [-0.39, 0.29) is 25.9 Å². The molecule has 220 valence electrons. The predicted molar refractivity (Wildman–Crippen MR) is 156 cm³/mol. The summed E-state index contributed by atoms with van der Waals surface area (Å²) in [4.78, 5) is 37.5. The van der Waals surface area contributed by atoms with Crippen LogP contribution in [0.25, 0.3) is 0 Å². The molecule has 0 aromatic heterocycles. The van der Waals surface area contributed by atoms with Gasteiger partial charge in [0.25, 0.3) is 0 Å². The van der Waals surface area contributed by atoms with E-state index >= 15 is 0 Å². The van der Waals surface area contributed by atoms with E-state index in [2.05, 4.69) is 0 Å². The molecule has 1 heterocycles. The number of carbonyl (C=O) groups excluding carboxylic acids is 3. The second-order valence-electron chi connectivity index (χ2n) is 10.1. The van der Waals surface area contributed by atoms with E-state index in [9.17, 15) is 14.4 Å². The van der Waals surface area contributed by atoms with Crippen LogP contribution in [0.4, 0.5) is 0 Å². The van der Waals surface area contributed by atoms with Crippen molar-refractivity contribution >= 4 is 17.9 Å². The zero-order valence-electron chi connectivity index (χ0n) is 23.9. The fourth-order valence-electron chi connectivity index (χ4n) is 4.78. The highest BCUT2D eigenvalue weighted by molar-refractivity contribution is 5.90. The van der Waals surface area contributed by atoms with Crippen LogP contribution >= 0.6 is 0 Å². The van der Waals surface area contributed by atoms with Gasteiger partial charge in [0.1, 0.15) is 32.0 Å². The highest BCUT2D eigenvalue weighted by Crippen LogP contribution is 2.38. The van der Waals surface area contributed by atoms with Crippen molar-refractivity contribution in [1.82, 2.24) is 0 Å². The van der Waals surface area contributed by atoms with Crippen molar-refractivity contribution in [3.63, 3.8) is 0 Å². The van der Waals surface area contributed by atoms with Gasteiger partial charge in [-0.2, -0.15) is 0 Å². The Morgan fingerprint density at radius 3 is 2.05 bits per heavy atom. The summed E-state index contributed by atoms with van der Waals surface area (Å²) in [6.07, 6.45) is 0.303. The van der Waals surface area contributed by atoms with Gasteiger partial charge in [0.05, 0.1) is 17.2 Å². The van der Waals surface area contributed by atoms with E-state index in [0.29, 0.717) is 30.4 Å². The smallest absolute Gasteiger partial charge is 0.338 e. The Balaban J connectivity index is 1.46. The van der Waals surface area contributed by atoms with Crippen LogP contribution < -0.4 is 0 Å². The third-order valence-electron chi connectivity index (χ3n) is 6.98. The quantitative estimate of drug-likeness (QED) is 0.142. The van der Waals surface area contributed by atoms with Crippen molar-refractivity contribution in [1.29, 1.82) is 0 Å². The number of benzene rings is 3. The molecule has 3 atom stereocenters. The first-order valence-corrected chi connectivity index (χ1v) is 14.0. The molecule has 8 nitrogen and oxygen atoms in total. The number of carbonyl (C=O) groups is 3. The molecule has 3 aromatic rings. The Labute approximate surface area is 246 Å². The molecule has 3 aromatic carbocycles. The lowest BCUT2D eigenvalue weighted by Gasteiger charge is -2.34. The predicted octanol–water partition coefficient (Wildman–Crippen LogP) is 5.89. The number of hydrogen-bond donors (Lipinski definition) is 0. The van der Waals surface area contributed by atoms with Crippen molar-refractivity contribution < 1.29 is 38.1 Å². The van der Waals surface area contributed by atoms with Crippen molar-refractivity contribution in [2.24, 2.45) is 0 Å². The number of esters is 3.